The molecule has 2 aliphatic rings. The van der Waals surface area contributed by atoms with Gasteiger partial charge in [-0.1, -0.05) is 23.7 Å². The van der Waals surface area contributed by atoms with Gasteiger partial charge in [-0.15, -0.1) is 0 Å². The molecule has 0 bridgehead atoms. The molecule has 8 heteroatoms. The summed E-state index contributed by atoms with van der Waals surface area (Å²) in [6.07, 6.45) is 6.27. The number of nitrogens with zero attached hydrogens (tertiary/aromatic N) is 5. The highest BCUT2D eigenvalue weighted by Crippen LogP contribution is 2.41. The molecule has 2 aliphatic heterocycles. The van der Waals surface area contributed by atoms with E-state index in [2.05, 4.69) is 5.10 Å². The zero-order chi connectivity index (χ0) is 20.9. The van der Waals surface area contributed by atoms with Gasteiger partial charge in [0.25, 0.3) is 11.8 Å². The SMILES string of the molecule is Cn1ncc(Cl)c1C(=O)N1CC2(CCN(C(=O)c3ccccc3-n3cccc3)C2)C1. The molecule has 1 spiro atoms. The number of carbonyl (C=O) groups is 2. The summed E-state index contributed by atoms with van der Waals surface area (Å²) in [6.45, 7) is 2.63. The van der Waals surface area contributed by atoms with E-state index in [9.17, 15) is 9.59 Å². The number of rotatable bonds is 3. The molecule has 0 saturated carbocycles. The average molecular weight is 424 g/mol. The van der Waals surface area contributed by atoms with Gasteiger partial charge in [0.15, 0.2) is 0 Å². The third-order valence-corrected chi connectivity index (χ3v) is 6.46. The van der Waals surface area contributed by atoms with Gasteiger partial charge in [0.2, 0.25) is 0 Å². The number of aromatic nitrogens is 3. The summed E-state index contributed by atoms with van der Waals surface area (Å²) in [5, 5.41) is 4.42. The molecular weight excluding hydrogens is 402 g/mol. The second-order valence-corrected chi connectivity index (χ2v) is 8.62. The lowest BCUT2D eigenvalue weighted by molar-refractivity contribution is 0.0102. The predicted molar refractivity (Wildman–Crippen MR) is 113 cm³/mol. The molecule has 3 aromatic rings. The molecule has 2 fully saturated rings. The Balaban J connectivity index is 1.29. The first kappa shape index (κ1) is 18.9. The van der Waals surface area contributed by atoms with E-state index in [-0.39, 0.29) is 17.2 Å². The molecule has 0 aliphatic carbocycles. The van der Waals surface area contributed by atoms with E-state index in [1.165, 1.54) is 10.9 Å². The van der Waals surface area contributed by atoms with Crippen molar-refractivity contribution in [2.24, 2.45) is 12.5 Å². The number of hydrogen-bond donors (Lipinski definition) is 0. The minimum atomic E-state index is -0.103. The van der Waals surface area contributed by atoms with Crippen molar-refractivity contribution in [1.82, 2.24) is 24.1 Å². The van der Waals surface area contributed by atoms with Crippen molar-refractivity contribution in [3.63, 3.8) is 0 Å². The number of benzene rings is 1. The van der Waals surface area contributed by atoms with Crippen molar-refractivity contribution in [3.8, 4) is 5.69 Å². The molecule has 1 aromatic carbocycles. The summed E-state index contributed by atoms with van der Waals surface area (Å²) in [6, 6.07) is 11.6. The van der Waals surface area contributed by atoms with Crippen LogP contribution in [0.2, 0.25) is 5.02 Å². The van der Waals surface area contributed by atoms with E-state index in [0.717, 1.165) is 12.1 Å². The number of amides is 2. The van der Waals surface area contributed by atoms with Crippen LogP contribution in [0.1, 0.15) is 27.3 Å². The molecule has 0 radical (unpaired) electrons. The van der Waals surface area contributed by atoms with Gasteiger partial charge in [0, 0.05) is 51.0 Å². The predicted octanol–water partition coefficient (Wildman–Crippen LogP) is 2.85. The molecule has 0 unspecified atom stereocenters. The third kappa shape index (κ3) is 3.01. The standard InChI is InChI=1S/C22H22ClN5O2/c1-25-19(17(23)12-24-25)21(30)28-14-22(15-28)8-11-27(13-22)20(29)16-6-2-3-7-18(16)26-9-4-5-10-26/h2-7,9-10,12H,8,11,13-15H2,1H3. The fourth-order valence-corrected chi connectivity index (χ4v) is 4.87. The minimum Gasteiger partial charge on any atom is -0.338 e. The molecule has 2 saturated heterocycles. The van der Waals surface area contributed by atoms with Crippen LogP contribution in [-0.2, 0) is 7.05 Å². The first-order valence-electron chi connectivity index (χ1n) is 9.96. The van der Waals surface area contributed by atoms with E-state index in [4.69, 9.17) is 11.6 Å². The molecule has 0 N–H and O–H groups in total. The topological polar surface area (TPSA) is 63.4 Å². The van der Waals surface area contributed by atoms with E-state index in [1.54, 1.807) is 11.9 Å². The maximum absolute atomic E-state index is 13.3. The first-order valence-corrected chi connectivity index (χ1v) is 10.3. The third-order valence-electron chi connectivity index (χ3n) is 6.18. The Kier molecular flexibility index (Phi) is 4.43. The monoisotopic (exact) mass is 423 g/mol. The Bertz CT molecular complexity index is 1100. The van der Waals surface area contributed by atoms with E-state index >= 15 is 0 Å². The number of para-hydroxylation sites is 1. The summed E-state index contributed by atoms with van der Waals surface area (Å²) in [7, 11) is 1.72. The maximum atomic E-state index is 13.3. The summed E-state index contributed by atoms with van der Waals surface area (Å²) in [5.41, 5.74) is 1.96. The highest BCUT2D eigenvalue weighted by molar-refractivity contribution is 6.33. The van der Waals surface area contributed by atoms with Crippen molar-refractivity contribution < 1.29 is 9.59 Å². The minimum absolute atomic E-state index is 0.0290. The Labute approximate surface area is 179 Å². The number of aryl methyl sites for hydroxylation is 1. The van der Waals surface area contributed by atoms with Crippen LogP contribution in [0.4, 0.5) is 0 Å². The lowest BCUT2D eigenvalue weighted by atomic mass is 9.79. The van der Waals surface area contributed by atoms with Crippen molar-refractivity contribution in [3.05, 3.63) is 71.3 Å². The van der Waals surface area contributed by atoms with E-state index < -0.39 is 0 Å². The smallest absolute Gasteiger partial charge is 0.273 e. The zero-order valence-electron chi connectivity index (χ0n) is 16.7. The Hall–Kier alpha value is -3.06. The van der Waals surface area contributed by atoms with Gasteiger partial charge in [0.05, 0.1) is 22.5 Å². The summed E-state index contributed by atoms with van der Waals surface area (Å²) in [4.78, 5) is 29.8. The van der Waals surface area contributed by atoms with Crippen molar-refractivity contribution >= 4 is 23.4 Å². The lowest BCUT2D eigenvalue weighted by Crippen LogP contribution is -2.59. The largest absolute Gasteiger partial charge is 0.338 e. The molecule has 2 aromatic heterocycles. The van der Waals surface area contributed by atoms with Crippen molar-refractivity contribution in [2.45, 2.75) is 6.42 Å². The van der Waals surface area contributed by atoms with Crippen molar-refractivity contribution in [2.75, 3.05) is 26.2 Å². The molecule has 2 amide bonds. The highest BCUT2D eigenvalue weighted by atomic mass is 35.5. The normalized spacial score (nSPS) is 17.4. The van der Waals surface area contributed by atoms with E-state index in [0.29, 0.717) is 42.5 Å². The van der Waals surface area contributed by atoms with E-state index in [1.807, 2.05) is 58.3 Å². The van der Waals surface area contributed by atoms with Crippen LogP contribution in [-0.4, -0.2) is 62.1 Å². The first-order chi connectivity index (χ1) is 14.5. The Morgan fingerprint density at radius 2 is 1.70 bits per heavy atom. The highest BCUT2D eigenvalue weighted by Gasteiger charge is 2.51. The van der Waals surface area contributed by atoms with Crippen LogP contribution in [0.15, 0.2) is 55.0 Å². The lowest BCUT2D eigenvalue weighted by Gasteiger charge is -2.47. The molecular formula is C22H22ClN5O2. The van der Waals surface area contributed by atoms with Gasteiger partial charge in [0.1, 0.15) is 5.69 Å². The van der Waals surface area contributed by atoms with Gasteiger partial charge < -0.3 is 14.4 Å². The summed E-state index contributed by atoms with van der Waals surface area (Å²) < 4.78 is 3.47. The Morgan fingerprint density at radius 1 is 1.00 bits per heavy atom. The molecule has 4 heterocycles. The van der Waals surface area contributed by atoms with Crippen molar-refractivity contribution in [1.29, 1.82) is 0 Å². The van der Waals surface area contributed by atoms with Crippen LogP contribution in [0.5, 0.6) is 0 Å². The fourth-order valence-electron chi connectivity index (χ4n) is 4.62. The van der Waals surface area contributed by atoms with Gasteiger partial charge in [-0.2, -0.15) is 5.10 Å². The van der Waals surface area contributed by atoms with Crippen LogP contribution in [0, 0.1) is 5.41 Å². The number of halogens is 1. The second kappa shape index (κ2) is 7.02. The van der Waals surface area contributed by atoms with Gasteiger partial charge >= 0.3 is 0 Å². The molecule has 7 nitrogen and oxygen atoms in total. The van der Waals surface area contributed by atoms with Gasteiger partial charge in [-0.3, -0.25) is 14.3 Å². The average Bonchev–Trinajstić information content (AvgIpc) is 3.46. The summed E-state index contributed by atoms with van der Waals surface area (Å²) in [5.74, 6) is -0.0658. The molecule has 5 rings (SSSR count). The van der Waals surface area contributed by atoms with Gasteiger partial charge in [-0.25, -0.2) is 0 Å². The quantitative estimate of drug-likeness (QED) is 0.650. The Morgan fingerprint density at radius 3 is 2.40 bits per heavy atom. The van der Waals surface area contributed by atoms with Gasteiger partial charge in [-0.05, 0) is 30.7 Å². The number of hydrogen-bond acceptors (Lipinski definition) is 3. The maximum Gasteiger partial charge on any atom is 0.273 e. The van der Waals surface area contributed by atoms with Crippen LogP contribution >= 0.6 is 11.6 Å². The zero-order valence-corrected chi connectivity index (χ0v) is 17.4. The van der Waals surface area contributed by atoms with Crippen LogP contribution in [0.3, 0.4) is 0 Å². The van der Waals surface area contributed by atoms with Crippen LogP contribution < -0.4 is 0 Å². The molecule has 30 heavy (non-hydrogen) atoms. The second-order valence-electron chi connectivity index (χ2n) is 8.21. The summed E-state index contributed by atoms with van der Waals surface area (Å²) >= 11 is 6.12. The number of carbonyl (C=O) groups excluding carboxylic acids is 2. The molecule has 0 atom stereocenters. The fraction of sp³-hybridized carbons (Fsp3) is 0.318. The van der Waals surface area contributed by atoms with Crippen LogP contribution in [0.25, 0.3) is 5.69 Å². The molecule has 154 valence electrons. The number of likely N-dealkylation sites (tertiary alicyclic amines) is 2.